The van der Waals surface area contributed by atoms with Crippen LogP contribution in [0.25, 0.3) is 17.1 Å². The van der Waals surface area contributed by atoms with Crippen LogP contribution in [-0.2, 0) is 4.79 Å². The van der Waals surface area contributed by atoms with Crippen molar-refractivity contribution < 1.29 is 14.3 Å². The van der Waals surface area contributed by atoms with Gasteiger partial charge in [0.25, 0.3) is 5.91 Å². The van der Waals surface area contributed by atoms with Gasteiger partial charge in [-0.2, -0.15) is 5.10 Å². The Morgan fingerprint density at radius 3 is 2.36 bits per heavy atom. The lowest BCUT2D eigenvalue weighted by Gasteiger charge is -2.10. The molecule has 0 fully saturated rings. The number of hydrogen-bond acceptors (Lipinski definition) is 7. The number of amides is 1. The van der Waals surface area contributed by atoms with Crippen LogP contribution in [0.15, 0.2) is 77.0 Å². The Morgan fingerprint density at radius 1 is 1.00 bits per heavy atom. The Hall–Kier alpha value is -3.53. The highest BCUT2D eigenvalue weighted by atomic mass is 35.5. The lowest BCUT2D eigenvalue weighted by molar-refractivity contribution is -0.118. The van der Waals surface area contributed by atoms with E-state index in [9.17, 15) is 4.79 Å². The van der Waals surface area contributed by atoms with E-state index in [4.69, 9.17) is 32.7 Å². The second-order valence-corrected chi connectivity index (χ2v) is 9.13. The van der Waals surface area contributed by atoms with Crippen LogP contribution in [0.4, 0.5) is 0 Å². The molecule has 0 bridgehead atoms. The third-order valence-corrected chi connectivity index (χ3v) is 6.42. The van der Waals surface area contributed by atoms with Crippen LogP contribution in [0.2, 0.25) is 10.0 Å². The number of hydrazone groups is 1. The lowest BCUT2D eigenvalue weighted by atomic mass is 10.2. The highest BCUT2D eigenvalue weighted by Gasteiger charge is 2.17. The maximum Gasteiger partial charge on any atom is 0.250 e. The predicted molar refractivity (Wildman–Crippen MR) is 143 cm³/mol. The number of benzene rings is 3. The molecule has 1 amide bonds. The van der Waals surface area contributed by atoms with Crippen LogP contribution in [0.1, 0.15) is 5.56 Å². The molecule has 8 nitrogen and oxygen atoms in total. The molecule has 0 radical (unpaired) electrons. The second-order valence-electron chi connectivity index (χ2n) is 7.31. The van der Waals surface area contributed by atoms with Crippen molar-refractivity contribution in [3.05, 3.63) is 82.3 Å². The highest BCUT2D eigenvalue weighted by molar-refractivity contribution is 7.99. The van der Waals surface area contributed by atoms with Crippen molar-refractivity contribution >= 4 is 47.1 Å². The molecule has 0 spiro atoms. The minimum atomic E-state index is -0.309. The first-order valence-electron chi connectivity index (χ1n) is 10.6. The zero-order valence-corrected chi connectivity index (χ0v) is 21.6. The summed E-state index contributed by atoms with van der Waals surface area (Å²) in [6.45, 7) is 0. The number of rotatable bonds is 9. The molecular formula is C25H21Cl2N5O3S. The number of halogens is 2. The SMILES string of the molecule is COc1ccc(OC)c(C=NNC(=O)CSc2nnc(-c3ccc(Cl)cc3)n2-c2ccc(Cl)cc2)c1. The fourth-order valence-electron chi connectivity index (χ4n) is 3.25. The van der Waals surface area contributed by atoms with Gasteiger partial charge in [0.05, 0.1) is 26.2 Å². The van der Waals surface area contributed by atoms with Crippen LogP contribution >= 0.6 is 35.0 Å². The van der Waals surface area contributed by atoms with E-state index in [2.05, 4.69) is 20.7 Å². The summed E-state index contributed by atoms with van der Waals surface area (Å²) in [4.78, 5) is 12.5. The van der Waals surface area contributed by atoms with Gasteiger partial charge in [0.15, 0.2) is 11.0 Å². The van der Waals surface area contributed by atoms with E-state index in [1.165, 1.54) is 18.0 Å². The fraction of sp³-hybridized carbons (Fsp3) is 0.120. The van der Waals surface area contributed by atoms with Gasteiger partial charge >= 0.3 is 0 Å². The van der Waals surface area contributed by atoms with Gasteiger partial charge in [0.1, 0.15) is 11.5 Å². The number of methoxy groups -OCH3 is 2. The molecule has 1 N–H and O–H groups in total. The van der Waals surface area contributed by atoms with Crippen molar-refractivity contribution in [1.29, 1.82) is 0 Å². The third-order valence-electron chi connectivity index (χ3n) is 4.98. The summed E-state index contributed by atoms with van der Waals surface area (Å²) < 4.78 is 12.4. The maximum absolute atomic E-state index is 12.5. The van der Waals surface area contributed by atoms with E-state index >= 15 is 0 Å². The van der Waals surface area contributed by atoms with E-state index in [1.807, 2.05) is 28.8 Å². The van der Waals surface area contributed by atoms with Crippen molar-refractivity contribution in [3.8, 4) is 28.6 Å². The first-order chi connectivity index (χ1) is 17.5. The van der Waals surface area contributed by atoms with Crippen molar-refractivity contribution in [1.82, 2.24) is 20.2 Å². The maximum atomic E-state index is 12.5. The van der Waals surface area contributed by atoms with Crippen molar-refractivity contribution in [2.75, 3.05) is 20.0 Å². The molecule has 3 aromatic carbocycles. The van der Waals surface area contributed by atoms with E-state index in [0.717, 1.165) is 11.3 Å². The number of carbonyl (C=O) groups is 1. The molecule has 184 valence electrons. The number of aromatic nitrogens is 3. The average molecular weight is 542 g/mol. The molecule has 1 aromatic heterocycles. The minimum Gasteiger partial charge on any atom is -0.497 e. The first kappa shape index (κ1) is 25.6. The van der Waals surface area contributed by atoms with E-state index in [0.29, 0.717) is 38.1 Å². The van der Waals surface area contributed by atoms with Crippen LogP contribution in [0.5, 0.6) is 11.5 Å². The van der Waals surface area contributed by atoms with E-state index in [1.54, 1.807) is 56.7 Å². The molecule has 0 saturated heterocycles. The highest BCUT2D eigenvalue weighted by Crippen LogP contribution is 2.29. The molecule has 0 aliphatic heterocycles. The summed E-state index contributed by atoms with van der Waals surface area (Å²) in [5.74, 6) is 1.63. The number of nitrogens with zero attached hydrogens (tertiary/aromatic N) is 4. The molecule has 4 rings (SSSR count). The van der Waals surface area contributed by atoms with Crippen LogP contribution in [0, 0.1) is 0 Å². The van der Waals surface area contributed by atoms with Gasteiger partial charge in [-0.15, -0.1) is 10.2 Å². The topological polar surface area (TPSA) is 90.6 Å². The van der Waals surface area contributed by atoms with Gasteiger partial charge in [-0.25, -0.2) is 5.43 Å². The van der Waals surface area contributed by atoms with Gasteiger partial charge in [0.2, 0.25) is 0 Å². The predicted octanol–water partition coefficient (Wildman–Crippen LogP) is 5.50. The van der Waals surface area contributed by atoms with Gasteiger partial charge in [0, 0.05) is 26.9 Å². The summed E-state index contributed by atoms with van der Waals surface area (Å²) in [5, 5.41) is 14.5. The molecule has 0 aliphatic carbocycles. The molecule has 0 aliphatic rings. The van der Waals surface area contributed by atoms with Crippen LogP contribution < -0.4 is 14.9 Å². The third kappa shape index (κ3) is 6.17. The summed E-state index contributed by atoms with van der Waals surface area (Å²) >= 11 is 13.4. The summed E-state index contributed by atoms with van der Waals surface area (Å²) in [5.41, 5.74) is 4.83. The molecule has 11 heteroatoms. The molecule has 4 aromatic rings. The summed E-state index contributed by atoms with van der Waals surface area (Å²) in [6.07, 6.45) is 1.50. The number of hydrogen-bond donors (Lipinski definition) is 1. The number of nitrogens with one attached hydrogen (secondary N) is 1. The Balaban J connectivity index is 1.50. The molecular weight excluding hydrogens is 521 g/mol. The normalized spacial score (nSPS) is 11.0. The van der Waals surface area contributed by atoms with Gasteiger partial charge in [-0.05, 0) is 66.7 Å². The Bertz CT molecular complexity index is 1380. The second kappa shape index (κ2) is 11.9. The van der Waals surface area contributed by atoms with Crippen molar-refractivity contribution in [2.45, 2.75) is 5.16 Å². The number of thioether (sulfide) groups is 1. The Labute approximate surface area is 222 Å². The first-order valence-corrected chi connectivity index (χ1v) is 12.4. The van der Waals surface area contributed by atoms with Crippen LogP contribution in [0.3, 0.4) is 0 Å². The Morgan fingerprint density at radius 2 is 1.69 bits per heavy atom. The van der Waals surface area contributed by atoms with Crippen molar-refractivity contribution in [3.63, 3.8) is 0 Å². The summed E-state index contributed by atoms with van der Waals surface area (Å²) in [7, 11) is 3.13. The van der Waals surface area contributed by atoms with Crippen molar-refractivity contribution in [2.24, 2.45) is 5.10 Å². The standard InChI is InChI=1S/C25H21Cl2N5O3S/c1-34-21-11-12-22(35-2)17(13-21)14-28-29-23(33)15-36-25-31-30-24(16-3-5-18(26)6-4-16)32(25)20-9-7-19(27)8-10-20/h3-14H,15H2,1-2H3,(H,29,33). The molecule has 36 heavy (non-hydrogen) atoms. The zero-order valence-electron chi connectivity index (χ0n) is 19.3. The zero-order chi connectivity index (χ0) is 25.5. The van der Waals surface area contributed by atoms with Gasteiger partial charge in [-0.1, -0.05) is 35.0 Å². The van der Waals surface area contributed by atoms with E-state index < -0.39 is 0 Å². The quantitative estimate of drug-likeness (QED) is 0.171. The molecule has 0 saturated carbocycles. The molecule has 0 unspecified atom stereocenters. The smallest absolute Gasteiger partial charge is 0.250 e. The lowest BCUT2D eigenvalue weighted by Crippen LogP contribution is -2.20. The Kier molecular flexibility index (Phi) is 8.48. The van der Waals surface area contributed by atoms with Gasteiger partial charge in [-0.3, -0.25) is 9.36 Å². The fourth-order valence-corrected chi connectivity index (χ4v) is 4.25. The molecule has 0 atom stereocenters. The van der Waals surface area contributed by atoms with E-state index in [-0.39, 0.29) is 11.7 Å². The number of carbonyl (C=O) groups excluding carboxylic acids is 1. The summed E-state index contributed by atoms with van der Waals surface area (Å²) in [6, 6.07) is 19.9. The largest absolute Gasteiger partial charge is 0.497 e. The monoisotopic (exact) mass is 541 g/mol. The average Bonchev–Trinajstić information content (AvgIpc) is 3.32. The van der Waals surface area contributed by atoms with Gasteiger partial charge < -0.3 is 9.47 Å². The molecule has 1 heterocycles. The number of ether oxygens (including phenoxy) is 2. The van der Waals surface area contributed by atoms with Crippen LogP contribution in [-0.4, -0.2) is 46.9 Å². The minimum absolute atomic E-state index is 0.0684.